The predicted octanol–water partition coefficient (Wildman–Crippen LogP) is 6.08. The molecule has 0 bridgehead atoms. The molecule has 0 atom stereocenters. The van der Waals surface area contributed by atoms with Gasteiger partial charge >= 0.3 is 0 Å². The summed E-state index contributed by atoms with van der Waals surface area (Å²) in [6, 6.07) is 12.7. The molecule has 0 radical (unpaired) electrons. The highest BCUT2D eigenvalue weighted by Crippen LogP contribution is 2.27. The first-order valence-electron chi connectivity index (χ1n) is 9.49. The predicted molar refractivity (Wildman–Crippen MR) is 111 cm³/mol. The highest BCUT2D eigenvalue weighted by atomic mass is 16.5. The number of rotatable bonds is 5. The molecule has 0 saturated heterocycles. The van der Waals surface area contributed by atoms with Crippen molar-refractivity contribution in [2.75, 3.05) is 0 Å². The van der Waals surface area contributed by atoms with Gasteiger partial charge in [-0.25, -0.2) is 9.97 Å². The molecule has 3 heteroatoms. The number of benzene rings is 2. The van der Waals surface area contributed by atoms with Crippen molar-refractivity contribution in [1.29, 1.82) is 0 Å². The largest absolute Gasteiger partial charge is 0.488 e. The van der Waals surface area contributed by atoms with Crippen LogP contribution in [0.15, 0.2) is 42.6 Å². The summed E-state index contributed by atoms with van der Waals surface area (Å²) < 4.78 is 6.11. The van der Waals surface area contributed by atoms with Gasteiger partial charge in [-0.15, -0.1) is 0 Å². The van der Waals surface area contributed by atoms with E-state index in [4.69, 9.17) is 9.72 Å². The second-order valence-electron chi connectivity index (χ2n) is 7.54. The Morgan fingerprint density at radius 1 is 0.926 bits per heavy atom. The molecule has 0 aliphatic heterocycles. The molecule has 3 nitrogen and oxygen atoms in total. The molecule has 1 heterocycles. The molecule has 27 heavy (non-hydrogen) atoms. The molecule has 0 N–H and O–H groups in total. The summed E-state index contributed by atoms with van der Waals surface area (Å²) in [5.41, 5.74) is 7.91. The van der Waals surface area contributed by atoms with Gasteiger partial charge in [-0.3, -0.25) is 0 Å². The first-order valence-corrected chi connectivity index (χ1v) is 9.49. The summed E-state index contributed by atoms with van der Waals surface area (Å²) in [4.78, 5) is 9.38. The molecule has 3 aromatic rings. The van der Waals surface area contributed by atoms with Crippen LogP contribution in [0, 0.1) is 27.7 Å². The zero-order valence-corrected chi connectivity index (χ0v) is 17.1. The van der Waals surface area contributed by atoms with Gasteiger partial charge in [0.2, 0.25) is 0 Å². The van der Waals surface area contributed by atoms with Gasteiger partial charge in [0.25, 0.3) is 0 Å². The molecule has 0 aliphatic rings. The Bertz CT molecular complexity index is 940. The number of hydrogen-bond donors (Lipinski definition) is 0. The van der Waals surface area contributed by atoms with Crippen LogP contribution in [0.2, 0.25) is 0 Å². The highest BCUT2D eigenvalue weighted by Gasteiger charge is 2.11. The third kappa shape index (κ3) is 4.19. The maximum atomic E-state index is 6.11. The van der Waals surface area contributed by atoms with Crippen molar-refractivity contribution in [2.45, 2.75) is 54.1 Å². The average molecular weight is 361 g/mol. The normalized spacial score (nSPS) is 11.1. The van der Waals surface area contributed by atoms with Crippen LogP contribution >= 0.6 is 0 Å². The molecule has 0 aliphatic carbocycles. The number of aryl methyl sites for hydroxylation is 4. The molecule has 0 amide bonds. The first-order chi connectivity index (χ1) is 12.9. The van der Waals surface area contributed by atoms with Gasteiger partial charge in [0.05, 0.1) is 0 Å². The summed E-state index contributed by atoms with van der Waals surface area (Å²) in [6.07, 6.45) is 1.89. The minimum absolute atomic E-state index is 0.473. The van der Waals surface area contributed by atoms with Gasteiger partial charge < -0.3 is 4.74 Å². The second-order valence-corrected chi connectivity index (χ2v) is 7.54. The molecule has 0 saturated carbocycles. The van der Waals surface area contributed by atoms with Crippen LogP contribution < -0.4 is 4.74 Å². The van der Waals surface area contributed by atoms with E-state index in [1.807, 2.05) is 13.1 Å². The quantitative estimate of drug-likeness (QED) is 0.553. The first kappa shape index (κ1) is 19.1. The van der Waals surface area contributed by atoms with E-state index < -0.39 is 0 Å². The Morgan fingerprint density at radius 2 is 1.63 bits per heavy atom. The highest BCUT2D eigenvalue weighted by molar-refractivity contribution is 5.64. The average Bonchev–Trinajstić information content (AvgIpc) is 2.62. The van der Waals surface area contributed by atoms with Gasteiger partial charge in [-0.2, -0.15) is 0 Å². The Hall–Kier alpha value is -2.68. The molecule has 2 aromatic carbocycles. The van der Waals surface area contributed by atoms with E-state index in [-0.39, 0.29) is 0 Å². The van der Waals surface area contributed by atoms with Crippen molar-refractivity contribution in [2.24, 2.45) is 0 Å². The van der Waals surface area contributed by atoms with E-state index in [1.54, 1.807) is 0 Å². The monoisotopic (exact) mass is 360 g/mol. The Morgan fingerprint density at radius 3 is 2.26 bits per heavy atom. The van der Waals surface area contributed by atoms with Crippen molar-refractivity contribution in [3.8, 4) is 17.1 Å². The fourth-order valence-electron chi connectivity index (χ4n) is 3.21. The molecular formula is C24H28N2O. The van der Waals surface area contributed by atoms with Gasteiger partial charge in [0.15, 0.2) is 5.82 Å². The number of nitrogens with zero attached hydrogens (tertiary/aromatic N) is 2. The standard InChI is InChI=1S/C24H28N2O/c1-15(2)20-11-10-16(3)22(12-20)27-14-21-13-25-24(26-19(21)6)23-17(4)8-7-9-18(23)5/h7-13,15H,14H2,1-6H3. The fourth-order valence-corrected chi connectivity index (χ4v) is 3.21. The number of hydrogen-bond acceptors (Lipinski definition) is 3. The number of aromatic nitrogens is 2. The second kappa shape index (κ2) is 7.91. The van der Waals surface area contributed by atoms with Crippen LogP contribution in [-0.2, 0) is 6.61 Å². The molecule has 0 fully saturated rings. The summed E-state index contributed by atoms with van der Waals surface area (Å²) in [6.45, 7) is 13.2. The SMILES string of the molecule is Cc1ccc(C(C)C)cc1OCc1cnc(-c2c(C)cccc2C)nc1C. The minimum Gasteiger partial charge on any atom is -0.488 e. The summed E-state index contributed by atoms with van der Waals surface area (Å²) in [7, 11) is 0. The van der Waals surface area contributed by atoms with Crippen LogP contribution in [0.5, 0.6) is 5.75 Å². The number of ether oxygens (including phenoxy) is 1. The van der Waals surface area contributed by atoms with Crippen LogP contribution in [0.4, 0.5) is 0 Å². The van der Waals surface area contributed by atoms with Gasteiger partial charge in [-0.1, -0.05) is 44.2 Å². The van der Waals surface area contributed by atoms with Crippen LogP contribution in [-0.4, -0.2) is 9.97 Å². The Kier molecular flexibility index (Phi) is 5.59. The van der Waals surface area contributed by atoms with Gasteiger partial charge in [0, 0.05) is 23.0 Å². The van der Waals surface area contributed by atoms with Crippen LogP contribution in [0.3, 0.4) is 0 Å². The zero-order chi connectivity index (χ0) is 19.6. The Balaban J connectivity index is 1.83. The smallest absolute Gasteiger partial charge is 0.159 e. The van der Waals surface area contributed by atoms with Crippen molar-refractivity contribution < 1.29 is 4.74 Å². The van der Waals surface area contributed by atoms with Crippen molar-refractivity contribution >= 4 is 0 Å². The lowest BCUT2D eigenvalue weighted by Gasteiger charge is -2.14. The van der Waals surface area contributed by atoms with E-state index in [1.165, 1.54) is 16.7 Å². The molecule has 3 rings (SSSR count). The van der Waals surface area contributed by atoms with Gasteiger partial charge in [0.1, 0.15) is 12.4 Å². The van der Waals surface area contributed by atoms with E-state index in [2.05, 4.69) is 76.0 Å². The van der Waals surface area contributed by atoms with Crippen molar-refractivity contribution in [1.82, 2.24) is 9.97 Å². The van der Waals surface area contributed by atoms with Crippen molar-refractivity contribution in [3.63, 3.8) is 0 Å². The molecule has 140 valence electrons. The zero-order valence-electron chi connectivity index (χ0n) is 17.1. The minimum atomic E-state index is 0.473. The van der Waals surface area contributed by atoms with Crippen molar-refractivity contribution in [3.05, 3.63) is 76.1 Å². The maximum absolute atomic E-state index is 6.11. The lowest BCUT2D eigenvalue weighted by Crippen LogP contribution is -2.04. The molecular weight excluding hydrogens is 332 g/mol. The van der Waals surface area contributed by atoms with Crippen LogP contribution in [0.1, 0.15) is 53.3 Å². The lowest BCUT2D eigenvalue weighted by atomic mass is 10.0. The van der Waals surface area contributed by atoms with E-state index in [0.717, 1.165) is 34.0 Å². The summed E-state index contributed by atoms with van der Waals surface area (Å²) in [5, 5.41) is 0. The molecule has 0 spiro atoms. The van der Waals surface area contributed by atoms with Gasteiger partial charge in [-0.05, 0) is 61.9 Å². The van der Waals surface area contributed by atoms with Crippen LogP contribution in [0.25, 0.3) is 11.4 Å². The summed E-state index contributed by atoms with van der Waals surface area (Å²) >= 11 is 0. The van der Waals surface area contributed by atoms with E-state index >= 15 is 0 Å². The molecule has 0 unspecified atom stereocenters. The Labute approximate surface area is 162 Å². The van der Waals surface area contributed by atoms with E-state index in [9.17, 15) is 0 Å². The van der Waals surface area contributed by atoms with E-state index in [0.29, 0.717) is 12.5 Å². The third-order valence-electron chi connectivity index (χ3n) is 5.05. The maximum Gasteiger partial charge on any atom is 0.159 e. The fraction of sp³-hybridized carbons (Fsp3) is 0.333. The third-order valence-corrected chi connectivity index (χ3v) is 5.05. The molecule has 1 aromatic heterocycles. The summed E-state index contributed by atoms with van der Waals surface area (Å²) in [5.74, 6) is 2.19. The topological polar surface area (TPSA) is 35.0 Å². The lowest BCUT2D eigenvalue weighted by molar-refractivity contribution is 0.302.